The lowest BCUT2D eigenvalue weighted by Gasteiger charge is -2.14. The number of anilines is 1. The molecule has 172 valence electrons. The fourth-order valence-corrected chi connectivity index (χ4v) is 4.02. The van der Waals surface area contributed by atoms with E-state index in [1.54, 1.807) is 12.1 Å². The van der Waals surface area contributed by atoms with E-state index in [2.05, 4.69) is 4.72 Å². The van der Waals surface area contributed by atoms with Crippen LogP contribution in [-0.4, -0.2) is 31.5 Å². The number of nitrogens with one attached hydrogen (secondary N) is 1. The average molecular weight is 472 g/mol. The zero-order valence-corrected chi connectivity index (χ0v) is 18.5. The summed E-state index contributed by atoms with van der Waals surface area (Å²) < 4.78 is 38.3. The molecule has 0 bridgehead atoms. The number of esters is 1. The van der Waals surface area contributed by atoms with E-state index in [0.29, 0.717) is 0 Å². The van der Waals surface area contributed by atoms with E-state index in [1.165, 1.54) is 48.5 Å². The van der Waals surface area contributed by atoms with Gasteiger partial charge in [-0.2, -0.15) is 0 Å². The topological polar surface area (TPSA) is 145 Å². The van der Waals surface area contributed by atoms with Crippen molar-refractivity contribution in [1.29, 1.82) is 0 Å². The number of hydrogen-bond acceptors (Lipinski definition) is 8. The van der Waals surface area contributed by atoms with Gasteiger partial charge in [-0.3, -0.25) is 14.8 Å². The van der Waals surface area contributed by atoms with Crippen LogP contribution in [0, 0.1) is 17.0 Å². The Hall–Kier alpha value is -3.96. The lowest BCUT2D eigenvalue weighted by atomic mass is 10.1. The third-order valence-corrected chi connectivity index (χ3v) is 6.01. The summed E-state index contributed by atoms with van der Waals surface area (Å²) in [6, 6.07) is 14.0. The monoisotopic (exact) mass is 472 g/mol. The molecule has 0 heterocycles. The molecule has 0 spiro atoms. The van der Waals surface area contributed by atoms with Gasteiger partial charge in [0.2, 0.25) is 0 Å². The second kappa shape index (κ2) is 9.67. The zero-order valence-electron chi connectivity index (χ0n) is 17.6. The minimum absolute atomic E-state index is 0.0190. The molecule has 33 heavy (non-hydrogen) atoms. The molecule has 11 heteroatoms. The Morgan fingerprint density at radius 1 is 1.06 bits per heavy atom. The molecule has 0 aromatic heterocycles. The number of methoxy groups -OCH3 is 1. The van der Waals surface area contributed by atoms with E-state index < -0.39 is 27.5 Å². The van der Waals surface area contributed by atoms with Gasteiger partial charge >= 0.3 is 5.97 Å². The van der Waals surface area contributed by atoms with Crippen LogP contribution in [0.1, 0.15) is 21.5 Å². The standard InChI is InChI=1S/C22H20N2O8S/c1-14-3-7-18(8-4-14)33(29,30)23-20-9-5-17(12-19(20)22(26)31-2)32-16-6-10-21(24(27)28)15(11-16)13-25/h3-12,23,25H,13H2,1-2H3. The van der Waals surface area contributed by atoms with Crippen LogP contribution in [-0.2, 0) is 21.4 Å². The van der Waals surface area contributed by atoms with E-state index in [9.17, 15) is 28.4 Å². The number of aliphatic hydroxyl groups is 1. The number of sulfonamides is 1. The molecule has 0 atom stereocenters. The number of aliphatic hydroxyl groups excluding tert-OH is 1. The smallest absolute Gasteiger partial charge is 0.340 e. The van der Waals surface area contributed by atoms with E-state index >= 15 is 0 Å². The van der Waals surface area contributed by atoms with Gasteiger partial charge in [0, 0.05) is 6.07 Å². The number of nitro benzene ring substituents is 1. The minimum Gasteiger partial charge on any atom is -0.465 e. The molecule has 0 fully saturated rings. The van der Waals surface area contributed by atoms with Gasteiger partial charge in [0.25, 0.3) is 15.7 Å². The number of carbonyl (C=O) groups is 1. The number of ether oxygens (including phenoxy) is 2. The van der Waals surface area contributed by atoms with Crippen LogP contribution in [0.5, 0.6) is 11.5 Å². The zero-order chi connectivity index (χ0) is 24.2. The molecular weight excluding hydrogens is 452 g/mol. The molecule has 0 amide bonds. The van der Waals surface area contributed by atoms with Crippen LogP contribution in [0.3, 0.4) is 0 Å². The summed E-state index contributed by atoms with van der Waals surface area (Å²) in [4.78, 5) is 22.7. The quantitative estimate of drug-likeness (QED) is 0.286. The molecule has 2 N–H and O–H groups in total. The normalized spacial score (nSPS) is 11.0. The molecule has 10 nitrogen and oxygen atoms in total. The number of rotatable bonds is 8. The summed E-state index contributed by atoms with van der Waals surface area (Å²) in [5, 5.41) is 20.4. The first-order chi connectivity index (χ1) is 15.6. The van der Waals surface area contributed by atoms with Crippen LogP contribution in [0.25, 0.3) is 0 Å². The Bertz CT molecular complexity index is 1300. The Balaban J connectivity index is 1.93. The summed E-state index contributed by atoms with van der Waals surface area (Å²) >= 11 is 0. The number of benzene rings is 3. The first kappa shape index (κ1) is 23.7. The highest BCUT2D eigenvalue weighted by atomic mass is 32.2. The van der Waals surface area contributed by atoms with Gasteiger partial charge < -0.3 is 14.6 Å². The summed E-state index contributed by atoms with van der Waals surface area (Å²) in [6.07, 6.45) is 0. The Labute approximate surface area is 189 Å². The van der Waals surface area contributed by atoms with E-state index in [1.807, 2.05) is 6.92 Å². The molecule has 3 rings (SSSR count). The van der Waals surface area contributed by atoms with Crippen molar-refractivity contribution in [2.75, 3.05) is 11.8 Å². The van der Waals surface area contributed by atoms with Crippen molar-refractivity contribution in [3.63, 3.8) is 0 Å². The molecule has 0 saturated carbocycles. The lowest BCUT2D eigenvalue weighted by molar-refractivity contribution is -0.385. The van der Waals surface area contributed by atoms with Crippen molar-refractivity contribution < 1.29 is 32.7 Å². The van der Waals surface area contributed by atoms with Crippen molar-refractivity contribution in [3.8, 4) is 11.5 Å². The summed E-state index contributed by atoms with van der Waals surface area (Å²) in [6.45, 7) is 1.26. The first-order valence-corrected chi connectivity index (χ1v) is 11.0. The number of carbonyl (C=O) groups excluding carboxylic acids is 1. The Kier molecular flexibility index (Phi) is 6.95. The number of aryl methyl sites for hydroxylation is 1. The predicted octanol–water partition coefficient (Wildman–Crippen LogP) is 3.78. The van der Waals surface area contributed by atoms with Crippen LogP contribution >= 0.6 is 0 Å². The summed E-state index contributed by atoms with van der Waals surface area (Å²) in [5.74, 6) is -0.485. The largest absolute Gasteiger partial charge is 0.465 e. The SMILES string of the molecule is COC(=O)c1cc(Oc2ccc([N+](=O)[O-])c(CO)c2)ccc1NS(=O)(=O)c1ccc(C)cc1. The minimum atomic E-state index is -3.98. The predicted molar refractivity (Wildman–Crippen MR) is 119 cm³/mol. The Morgan fingerprint density at radius 3 is 2.30 bits per heavy atom. The second-order valence-electron chi connectivity index (χ2n) is 6.93. The fourth-order valence-electron chi connectivity index (χ4n) is 2.94. The first-order valence-electron chi connectivity index (χ1n) is 9.52. The molecule has 3 aromatic carbocycles. The molecule has 0 unspecified atom stereocenters. The average Bonchev–Trinajstić information content (AvgIpc) is 2.79. The molecular formula is C22H20N2O8S. The van der Waals surface area contributed by atoms with Crippen LogP contribution in [0.4, 0.5) is 11.4 Å². The van der Waals surface area contributed by atoms with Crippen LogP contribution < -0.4 is 9.46 Å². The van der Waals surface area contributed by atoms with Gasteiger partial charge in [0.1, 0.15) is 11.5 Å². The van der Waals surface area contributed by atoms with Gasteiger partial charge in [0.05, 0.1) is 40.3 Å². The van der Waals surface area contributed by atoms with Gasteiger partial charge in [-0.1, -0.05) is 17.7 Å². The lowest BCUT2D eigenvalue weighted by Crippen LogP contribution is -2.16. The van der Waals surface area contributed by atoms with Crippen molar-refractivity contribution in [2.24, 2.45) is 0 Å². The van der Waals surface area contributed by atoms with Crippen molar-refractivity contribution in [2.45, 2.75) is 18.4 Å². The third-order valence-electron chi connectivity index (χ3n) is 4.63. The van der Waals surface area contributed by atoms with Gasteiger partial charge in [0.15, 0.2) is 0 Å². The molecule has 0 aliphatic heterocycles. The van der Waals surface area contributed by atoms with Crippen molar-refractivity contribution in [3.05, 3.63) is 87.5 Å². The third kappa shape index (κ3) is 5.45. The van der Waals surface area contributed by atoms with E-state index in [-0.39, 0.29) is 38.9 Å². The highest BCUT2D eigenvalue weighted by Crippen LogP contribution is 2.31. The Morgan fingerprint density at radius 2 is 1.70 bits per heavy atom. The van der Waals surface area contributed by atoms with Crippen LogP contribution in [0.2, 0.25) is 0 Å². The van der Waals surface area contributed by atoms with E-state index in [0.717, 1.165) is 12.7 Å². The van der Waals surface area contributed by atoms with E-state index in [4.69, 9.17) is 9.47 Å². The second-order valence-corrected chi connectivity index (χ2v) is 8.61. The van der Waals surface area contributed by atoms with Gasteiger partial charge in [-0.05, 0) is 49.4 Å². The molecule has 0 aliphatic rings. The highest BCUT2D eigenvalue weighted by Gasteiger charge is 2.21. The molecule has 0 radical (unpaired) electrons. The van der Waals surface area contributed by atoms with Crippen molar-refractivity contribution in [1.82, 2.24) is 0 Å². The maximum Gasteiger partial charge on any atom is 0.340 e. The molecule has 0 saturated heterocycles. The number of nitro groups is 1. The number of nitrogens with zero attached hydrogens (tertiary/aromatic N) is 1. The highest BCUT2D eigenvalue weighted by molar-refractivity contribution is 7.92. The summed E-state index contributed by atoms with van der Waals surface area (Å²) in [7, 11) is -2.83. The fraction of sp³-hybridized carbons (Fsp3) is 0.136. The maximum atomic E-state index is 12.7. The van der Waals surface area contributed by atoms with Crippen molar-refractivity contribution >= 4 is 27.4 Å². The maximum absolute atomic E-state index is 12.7. The number of hydrogen-bond donors (Lipinski definition) is 2. The molecule has 0 aliphatic carbocycles. The molecule has 3 aromatic rings. The van der Waals surface area contributed by atoms with Gasteiger partial charge in [-0.25, -0.2) is 13.2 Å². The van der Waals surface area contributed by atoms with Crippen LogP contribution in [0.15, 0.2) is 65.6 Å². The summed E-state index contributed by atoms with van der Waals surface area (Å²) in [5.41, 5.74) is 0.555. The van der Waals surface area contributed by atoms with Gasteiger partial charge in [-0.15, -0.1) is 0 Å².